The summed E-state index contributed by atoms with van der Waals surface area (Å²) in [6, 6.07) is 0. The second-order valence-corrected chi connectivity index (χ2v) is 4.57. The zero-order valence-electron chi connectivity index (χ0n) is 10.1. The molecule has 1 aliphatic heterocycles. The lowest BCUT2D eigenvalue weighted by Gasteiger charge is -2.22. The van der Waals surface area contributed by atoms with E-state index in [1.54, 1.807) is 0 Å². The van der Waals surface area contributed by atoms with Crippen molar-refractivity contribution in [1.29, 1.82) is 0 Å². The summed E-state index contributed by atoms with van der Waals surface area (Å²) in [5.74, 6) is -0.302. The quantitative estimate of drug-likeness (QED) is 0.438. The fourth-order valence-corrected chi connectivity index (χ4v) is 2.27. The molecule has 0 bridgehead atoms. The summed E-state index contributed by atoms with van der Waals surface area (Å²) in [4.78, 5) is 15.5. The van der Waals surface area contributed by atoms with Gasteiger partial charge in [0.2, 0.25) is 0 Å². The van der Waals surface area contributed by atoms with Crippen LogP contribution in [-0.4, -0.2) is 42.2 Å². The molecule has 1 aliphatic rings. The Balaban J connectivity index is 2.31. The molecular formula is C11H20N4O2. The zero-order chi connectivity index (χ0) is 12.5. The Bertz CT molecular complexity index is 289. The average molecular weight is 240 g/mol. The van der Waals surface area contributed by atoms with E-state index in [1.807, 2.05) is 0 Å². The van der Waals surface area contributed by atoms with Gasteiger partial charge in [0.1, 0.15) is 0 Å². The van der Waals surface area contributed by atoms with Crippen LogP contribution in [0.2, 0.25) is 0 Å². The highest BCUT2D eigenvalue weighted by molar-refractivity contribution is 5.66. The number of aliphatic carboxylic acids is 1. The molecule has 1 rings (SSSR count). The number of carbonyl (C=O) groups is 1. The second kappa shape index (κ2) is 7.92. The Morgan fingerprint density at radius 3 is 3.06 bits per heavy atom. The van der Waals surface area contributed by atoms with Crippen molar-refractivity contribution in [1.82, 2.24) is 4.90 Å². The molecule has 1 N–H and O–H groups in total. The SMILES string of the molecule is [N-]=[N+]=NCC1CCCCN(CCCC(=O)O)C1. The number of carboxylic acid groups (broad SMARTS) is 1. The number of hydrogen-bond donors (Lipinski definition) is 1. The molecule has 0 amide bonds. The van der Waals surface area contributed by atoms with Crippen LogP contribution in [0.3, 0.4) is 0 Å². The lowest BCUT2D eigenvalue weighted by Crippen LogP contribution is -2.30. The molecule has 0 spiro atoms. The molecule has 6 heteroatoms. The maximum Gasteiger partial charge on any atom is 0.303 e. The topological polar surface area (TPSA) is 89.3 Å². The van der Waals surface area contributed by atoms with Gasteiger partial charge in [-0.2, -0.15) is 0 Å². The van der Waals surface area contributed by atoms with Crippen LogP contribution in [0.5, 0.6) is 0 Å². The Morgan fingerprint density at radius 1 is 1.53 bits per heavy atom. The van der Waals surface area contributed by atoms with E-state index in [0.29, 0.717) is 18.9 Å². The third-order valence-electron chi connectivity index (χ3n) is 3.12. The van der Waals surface area contributed by atoms with E-state index < -0.39 is 5.97 Å². The third kappa shape index (κ3) is 6.14. The summed E-state index contributed by atoms with van der Waals surface area (Å²) >= 11 is 0. The second-order valence-electron chi connectivity index (χ2n) is 4.57. The lowest BCUT2D eigenvalue weighted by molar-refractivity contribution is -0.137. The molecule has 0 aromatic heterocycles. The molecular weight excluding hydrogens is 220 g/mol. The molecule has 1 unspecified atom stereocenters. The van der Waals surface area contributed by atoms with Gasteiger partial charge in [0.05, 0.1) is 0 Å². The van der Waals surface area contributed by atoms with E-state index in [2.05, 4.69) is 14.9 Å². The Hall–Kier alpha value is -1.26. The minimum absolute atomic E-state index is 0.234. The van der Waals surface area contributed by atoms with Crippen LogP contribution in [0.25, 0.3) is 10.4 Å². The van der Waals surface area contributed by atoms with Gasteiger partial charge in [-0.25, -0.2) is 0 Å². The minimum atomic E-state index is -0.731. The van der Waals surface area contributed by atoms with Crippen LogP contribution in [0.4, 0.5) is 0 Å². The van der Waals surface area contributed by atoms with E-state index >= 15 is 0 Å². The van der Waals surface area contributed by atoms with E-state index in [1.165, 1.54) is 6.42 Å². The van der Waals surface area contributed by atoms with Crippen molar-refractivity contribution in [2.24, 2.45) is 11.0 Å². The van der Waals surface area contributed by atoms with E-state index in [0.717, 1.165) is 32.5 Å². The highest BCUT2D eigenvalue weighted by atomic mass is 16.4. The maximum absolute atomic E-state index is 10.4. The smallest absolute Gasteiger partial charge is 0.303 e. The first-order valence-electron chi connectivity index (χ1n) is 6.17. The highest BCUT2D eigenvalue weighted by Gasteiger charge is 2.17. The van der Waals surface area contributed by atoms with Gasteiger partial charge in [0, 0.05) is 24.4 Å². The van der Waals surface area contributed by atoms with E-state index in [4.69, 9.17) is 10.6 Å². The van der Waals surface area contributed by atoms with Gasteiger partial charge in [-0.1, -0.05) is 11.5 Å². The Labute approximate surface area is 101 Å². The predicted octanol–water partition coefficient (Wildman–Crippen LogP) is 2.26. The van der Waals surface area contributed by atoms with Gasteiger partial charge in [-0.05, 0) is 43.8 Å². The number of carboxylic acids is 1. The minimum Gasteiger partial charge on any atom is -0.481 e. The number of nitrogens with zero attached hydrogens (tertiary/aromatic N) is 4. The first-order chi connectivity index (χ1) is 8.22. The standard InChI is InChI=1S/C11H20N4O2/c12-14-13-8-10-4-1-2-6-15(9-10)7-3-5-11(16)17/h10H,1-9H2,(H,16,17). The van der Waals surface area contributed by atoms with E-state index in [-0.39, 0.29) is 6.42 Å². The van der Waals surface area contributed by atoms with Gasteiger partial charge in [-0.3, -0.25) is 4.79 Å². The summed E-state index contributed by atoms with van der Waals surface area (Å²) in [6.07, 6.45) is 4.36. The first kappa shape index (κ1) is 13.8. The van der Waals surface area contributed by atoms with E-state index in [9.17, 15) is 4.79 Å². The monoisotopic (exact) mass is 240 g/mol. The largest absolute Gasteiger partial charge is 0.481 e. The fraction of sp³-hybridized carbons (Fsp3) is 0.909. The van der Waals surface area contributed by atoms with Crippen molar-refractivity contribution in [3.05, 3.63) is 10.4 Å². The molecule has 96 valence electrons. The number of hydrogen-bond acceptors (Lipinski definition) is 3. The molecule has 0 aliphatic carbocycles. The molecule has 0 aromatic carbocycles. The highest BCUT2D eigenvalue weighted by Crippen LogP contribution is 2.17. The number of likely N-dealkylation sites (tertiary alicyclic amines) is 1. The van der Waals surface area contributed by atoms with Gasteiger partial charge in [0.25, 0.3) is 0 Å². The third-order valence-corrected chi connectivity index (χ3v) is 3.12. The van der Waals surface area contributed by atoms with Crippen LogP contribution in [-0.2, 0) is 4.79 Å². The molecule has 1 atom stereocenters. The van der Waals surface area contributed by atoms with Gasteiger partial charge < -0.3 is 10.0 Å². The molecule has 0 radical (unpaired) electrons. The van der Waals surface area contributed by atoms with Crippen LogP contribution in [0.15, 0.2) is 5.11 Å². The van der Waals surface area contributed by atoms with Crippen molar-refractivity contribution in [2.75, 3.05) is 26.2 Å². The number of azide groups is 1. The summed E-state index contributed by atoms with van der Waals surface area (Å²) in [5, 5.41) is 12.2. The first-order valence-corrected chi connectivity index (χ1v) is 6.17. The summed E-state index contributed by atoms with van der Waals surface area (Å²) in [5.41, 5.74) is 8.32. The predicted molar refractivity (Wildman–Crippen MR) is 64.7 cm³/mol. The summed E-state index contributed by atoms with van der Waals surface area (Å²) in [6.45, 7) is 3.36. The van der Waals surface area contributed by atoms with Crippen molar-refractivity contribution in [3.8, 4) is 0 Å². The molecule has 1 heterocycles. The summed E-state index contributed by atoms with van der Waals surface area (Å²) in [7, 11) is 0. The fourth-order valence-electron chi connectivity index (χ4n) is 2.27. The molecule has 1 fully saturated rings. The molecule has 0 saturated carbocycles. The average Bonchev–Trinajstić information content (AvgIpc) is 2.51. The maximum atomic E-state index is 10.4. The van der Waals surface area contributed by atoms with Crippen LogP contribution >= 0.6 is 0 Å². The number of rotatable bonds is 6. The van der Waals surface area contributed by atoms with Crippen molar-refractivity contribution < 1.29 is 9.90 Å². The Kier molecular flexibility index (Phi) is 6.43. The van der Waals surface area contributed by atoms with Crippen LogP contribution in [0.1, 0.15) is 32.1 Å². The Morgan fingerprint density at radius 2 is 2.35 bits per heavy atom. The van der Waals surface area contributed by atoms with Crippen LogP contribution < -0.4 is 0 Å². The van der Waals surface area contributed by atoms with Gasteiger partial charge in [-0.15, -0.1) is 0 Å². The molecule has 17 heavy (non-hydrogen) atoms. The van der Waals surface area contributed by atoms with Crippen molar-refractivity contribution in [3.63, 3.8) is 0 Å². The molecule has 6 nitrogen and oxygen atoms in total. The van der Waals surface area contributed by atoms with Crippen molar-refractivity contribution >= 4 is 5.97 Å². The van der Waals surface area contributed by atoms with Crippen molar-refractivity contribution in [2.45, 2.75) is 32.1 Å². The molecule has 0 aromatic rings. The lowest BCUT2D eigenvalue weighted by atomic mass is 10.0. The van der Waals surface area contributed by atoms with Crippen LogP contribution in [0, 0.1) is 5.92 Å². The summed E-state index contributed by atoms with van der Waals surface area (Å²) < 4.78 is 0. The normalized spacial score (nSPS) is 21.5. The molecule has 1 saturated heterocycles. The van der Waals surface area contributed by atoms with Gasteiger partial charge in [0.15, 0.2) is 0 Å². The zero-order valence-corrected chi connectivity index (χ0v) is 10.1. The van der Waals surface area contributed by atoms with Gasteiger partial charge >= 0.3 is 5.97 Å².